The van der Waals surface area contributed by atoms with Gasteiger partial charge in [0.2, 0.25) is 0 Å². The molecular weight excluding hydrogens is 607 g/mol. The van der Waals surface area contributed by atoms with Crippen LogP contribution in [-0.2, 0) is 26.2 Å². The molecule has 0 saturated heterocycles. The maximum Gasteiger partial charge on any atom is 0.327 e. The lowest BCUT2D eigenvalue weighted by atomic mass is 9.72. The van der Waals surface area contributed by atoms with E-state index < -0.39 is 8.60 Å². The normalized spacial score (nSPS) is 13.1. The summed E-state index contributed by atoms with van der Waals surface area (Å²) in [6.07, 6.45) is 0. The quantitative estimate of drug-likeness (QED) is 0.193. The molecule has 0 amide bonds. The van der Waals surface area contributed by atoms with Gasteiger partial charge in [0, 0.05) is 5.92 Å². The van der Waals surface area contributed by atoms with Gasteiger partial charge in [0.25, 0.3) is 0 Å². The molecule has 3 nitrogen and oxygen atoms in total. The van der Waals surface area contributed by atoms with Crippen molar-refractivity contribution in [1.29, 1.82) is 0 Å². The molecule has 2 N–H and O–H groups in total. The predicted octanol–water partition coefficient (Wildman–Crippen LogP) is 12.2. The Labute approximate surface area is 292 Å². The first-order chi connectivity index (χ1) is 22.0. The average Bonchev–Trinajstić information content (AvgIpc) is 2.95. The fourth-order valence-electron chi connectivity index (χ4n) is 6.88. The van der Waals surface area contributed by atoms with Gasteiger partial charge in [0.1, 0.15) is 0 Å². The Bertz CT molecular complexity index is 1630. The van der Waals surface area contributed by atoms with Crippen LogP contribution in [0.25, 0.3) is 22.3 Å². The first-order valence-corrected chi connectivity index (χ1v) is 18.5. The van der Waals surface area contributed by atoms with Gasteiger partial charge in [0.15, 0.2) is 0 Å². The highest BCUT2D eigenvalue weighted by Crippen LogP contribution is 2.47. The summed E-state index contributed by atoms with van der Waals surface area (Å²) in [7, 11) is -2.54. The molecule has 0 aliphatic heterocycles. The molecule has 0 unspecified atom stereocenters. The van der Waals surface area contributed by atoms with Crippen molar-refractivity contribution in [3.8, 4) is 22.3 Å². The highest BCUT2D eigenvalue weighted by molar-refractivity contribution is 7.39. The Morgan fingerprint density at radius 2 is 0.896 bits per heavy atom. The fourth-order valence-corrected chi connectivity index (χ4v) is 7.17. The molecule has 4 aromatic carbocycles. The van der Waals surface area contributed by atoms with Gasteiger partial charge in [-0.1, -0.05) is 156 Å². The molecule has 0 saturated carbocycles. The van der Waals surface area contributed by atoms with Gasteiger partial charge >= 0.3 is 8.60 Å². The summed E-state index contributed by atoms with van der Waals surface area (Å²) in [4.78, 5) is 20.1. The standard InChI is InChI=1S/C44H59O3P/c1-28-23-30(41(3,4)5)25-37(43(9,10)11)39(28)34-21-17-15-19-32(34)36(27-47-48(45)46)33-20-16-18-22-35(33)40-29(2)24-31(42(6,7)8)26-38(40)44(12,13)14/h15-26,36,45-46H,27H2,1-14H3. The topological polar surface area (TPSA) is 49.7 Å². The third-order valence-corrected chi connectivity index (χ3v) is 9.97. The van der Waals surface area contributed by atoms with E-state index in [-0.39, 0.29) is 34.2 Å². The van der Waals surface area contributed by atoms with Crippen LogP contribution < -0.4 is 0 Å². The van der Waals surface area contributed by atoms with Crippen molar-refractivity contribution in [2.24, 2.45) is 0 Å². The predicted molar refractivity (Wildman–Crippen MR) is 207 cm³/mol. The van der Waals surface area contributed by atoms with Crippen LogP contribution in [0.15, 0.2) is 72.8 Å². The van der Waals surface area contributed by atoms with Crippen molar-refractivity contribution in [1.82, 2.24) is 0 Å². The minimum absolute atomic E-state index is 0.0166. The first-order valence-electron chi connectivity index (χ1n) is 17.3. The van der Waals surface area contributed by atoms with Crippen molar-refractivity contribution in [3.05, 3.63) is 117 Å². The third-order valence-electron chi connectivity index (χ3n) is 9.59. The van der Waals surface area contributed by atoms with Crippen LogP contribution in [0.4, 0.5) is 0 Å². The van der Waals surface area contributed by atoms with Gasteiger partial charge in [-0.2, -0.15) is 0 Å². The molecule has 4 aromatic rings. The maximum atomic E-state index is 10.1. The van der Waals surface area contributed by atoms with Crippen LogP contribution in [-0.4, -0.2) is 16.4 Å². The van der Waals surface area contributed by atoms with Gasteiger partial charge in [0.05, 0.1) is 6.61 Å². The average molecular weight is 667 g/mol. The molecule has 0 fully saturated rings. The molecule has 0 aromatic heterocycles. The summed E-state index contributed by atoms with van der Waals surface area (Å²) in [6.45, 7) is 32.0. The molecule has 0 bridgehead atoms. The number of aryl methyl sites for hydroxylation is 2. The monoisotopic (exact) mass is 666 g/mol. The zero-order valence-electron chi connectivity index (χ0n) is 32.0. The van der Waals surface area contributed by atoms with Crippen molar-refractivity contribution in [2.75, 3.05) is 6.61 Å². The second-order valence-electron chi connectivity index (χ2n) is 17.7. The number of benzene rings is 4. The number of hydrogen-bond donors (Lipinski definition) is 2. The van der Waals surface area contributed by atoms with E-state index in [1.807, 2.05) is 0 Å². The highest BCUT2D eigenvalue weighted by Gasteiger charge is 2.31. The number of rotatable bonds is 7. The van der Waals surface area contributed by atoms with Gasteiger partial charge in [-0.05, 0) is 102 Å². The molecule has 4 heteroatoms. The second kappa shape index (κ2) is 13.8. The summed E-state index contributed by atoms with van der Waals surface area (Å²) in [5.41, 5.74) is 14.6. The Kier molecular flexibility index (Phi) is 11.0. The van der Waals surface area contributed by atoms with E-state index in [1.54, 1.807) is 0 Å². The Morgan fingerprint density at radius 3 is 1.21 bits per heavy atom. The highest BCUT2D eigenvalue weighted by atomic mass is 31.2. The zero-order chi connectivity index (χ0) is 36.0. The van der Waals surface area contributed by atoms with Gasteiger partial charge in [-0.25, -0.2) is 0 Å². The third kappa shape index (κ3) is 8.31. The van der Waals surface area contributed by atoms with Crippen LogP contribution in [0.1, 0.15) is 134 Å². The van der Waals surface area contributed by atoms with E-state index in [4.69, 9.17) is 4.52 Å². The van der Waals surface area contributed by atoms with Crippen molar-refractivity contribution in [3.63, 3.8) is 0 Å². The van der Waals surface area contributed by atoms with E-state index in [0.29, 0.717) is 0 Å². The first kappa shape index (κ1) is 38.0. The van der Waals surface area contributed by atoms with E-state index in [1.165, 1.54) is 44.5 Å². The van der Waals surface area contributed by atoms with Crippen molar-refractivity contribution in [2.45, 2.75) is 125 Å². The van der Waals surface area contributed by atoms with Crippen LogP contribution in [0, 0.1) is 13.8 Å². The largest absolute Gasteiger partial charge is 0.328 e. The molecule has 0 atom stereocenters. The van der Waals surface area contributed by atoms with Crippen LogP contribution in [0.2, 0.25) is 0 Å². The number of hydrogen-bond acceptors (Lipinski definition) is 3. The van der Waals surface area contributed by atoms with Gasteiger partial charge < -0.3 is 14.3 Å². The summed E-state index contributed by atoms with van der Waals surface area (Å²) >= 11 is 0. The summed E-state index contributed by atoms with van der Waals surface area (Å²) in [6, 6.07) is 26.7. The second-order valence-corrected chi connectivity index (χ2v) is 18.5. The van der Waals surface area contributed by atoms with Crippen LogP contribution in [0.5, 0.6) is 0 Å². The molecule has 0 radical (unpaired) electrons. The van der Waals surface area contributed by atoms with E-state index in [9.17, 15) is 9.79 Å². The Hall–Kier alpha value is -2.81. The molecule has 0 spiro atoms. The van der Waals surface area contributed by atoms with E-state index in [2.05, 4.69) is 170 Å². The van der Waals surface area contributed by atoms with Gasteiger partial charge in [-0.15, -0.1) is 0 Å². The fraction of sp³-hybridized carbons (Fsp3) is 0.455. The van der Waals surface area contributed by atoms with E-state index in [0.717, 1.165) is 22.3 Å². The van der Waals surface area contributed by atoms with Crippen molar-refractivity contribution >= 4 is 8.60 Å². The molecule has 0 aliphatic rings. The summed E-state index contributed by atoms with van der Waals surface area (Å²) in [5.74, 6) is -0.259. The van der Waals surface area contributed by atoms with Crippen LogP contribution in [0.3, 0.4) is 0 Å². The summed E-state index contributed by atoms with van der Waals surface area (Å²) in [5, 5.41) is 0. The maximum absolute atomic E-state index is 10.1. The Morgan fingerprint density at radius 1 is 0.542 bits per heavy atom. The van der Waals surface area contributed by atoms with Gasteiger partial charge in [-0.3, -0.25) is 0 Å². The smallest absolute Gasteiger partial charge is 0.327 e. The molecule has 48 heavy (non-hydrogen) atoms. The lowest BCUT2D eigenvalue weighted by Crippen LogP contribution is -2.20. The molecular formula is C44H59O3P. The Balaban J connectivity index is 2.08. The van der Waals surface area contributed by atoms with Crippen LogP contribution >= 0.6 is 8.60 Å². The van der Waals surface area contributed by atoms with E-state index >= 15 is 0 Å². The molecule has 0 heterocycles. The molecule has 258 valence electrons. The molecule has 0 aliphatic carbocycles. The lowest BCUT2D eigenvalue weighted by molar-refractivity contribution is 0.247. The minimum Gasteiger partial charge on any atom is -0.328 e. The zero-order valence-corrected chi connectivity index (χ0v) is 32.9. The van der Waals surface area contributed by atoms with Crippen molar-refractivity contribution < 1.29 is 14.3 Å². The SMILES string of the molecule is Cc1cc(C(C)(C)C)cc(C(C)(C)C)c1-c1ccccc1C(COP(O)O)c1ccccc1-c1c(C)cc(C(C)(C)C)cc1C(C)(C)C. The lowest BCUT2D eigenvalue weighted by Gasteiger charge is -2.32. The minimum atomic E-state index is -2.54. The molecule has 4 rings (SSSR count). The summed E-state index contributed by atoms with van der Waals surface area (Å²) < 4.78 is 5.75.